The van der Waals surface area contributed by atoms with E-state index in [2.05, 4.69) is 5.32 Å². The summed E-state index contributed by atoms with van der Waals surface area (Å²) >= 11 is 6.47. The van der Waals surface area contributed by atoms with Gasteiger partial charge in [0.15, 0.2) is 0 Å². The van der Waals surface area contributed by atoms with Gasteiger partial charge in [-0.05, 0) is 48.1 Å². The molecule has 212 valence electrons. The fourth-order valence-corrected chi connectivity index (χ4v) is 7.32. The van der Waals surface area contributed by atoms with Crippen LogP contribution in [0.1, 0.15) is 30.9 Å². The van der Waals surface area contributed by atoms with Crippen LogP contribution in [-0.4, -0.2) is 44.3 Å². The lowest BCUT2D eigenvalue weighted by molar-refractivity contribution is -0.141. The zero-order valence-corrected chi connectivity index (χ0v) is 24.4. The molecule has 1 heterocycles. The van der Waals surface area contributed by atoms with Crippen LogP contribution < -0.4 is 9.62 Å². The molecule has 5 rings (SSSR count). The van der Waals surface area contributed by atoms with Crippen LogP contribution in [0, 0.1) is 0 Å². The van der Waals surface area contributed by atoms with Gasteiger partial charge in [-0.25, -0.2) is 8.42 Å². The van der Waals surface area contributed by atoms with Crippen molar-refractivity contribution in [3.63, 3.8) is 0 Å². The van der Waals surface area contributed by atoms with Crippen LogP contribution in [0.15, 0.2) is 95.9 Å². The largest absolute Gasteiger partial charge is 0.355 e. The maximum Gasteiger partial charge on any atom is 0.265 e. The molecule has 4 aromatic rings. The van der Waals surface area contributed by atoms with Crippen LogP contribution in [0.2, 0.25) is 5.02 Å². The Morgan fingerprint density at radius 3 is 2.37 bits per heavy atom. The Balaban J connectivity index is 1.39. The van der Waals surface area contributed by atoms with Gasteiger partial charge in [0.1, 0.15) is 6.04 Å². The highest BCUT2D eigenvalue weighted by atomic mass is 35.5. The molecule has 0 aromatic heterocycles. The average molecular weight is 590 g/mol. The second kappa shape index (κ2) is 12.3. The van der Waals surface area contributed by atoms with Crippen molar-refractivity contribution in [1.29, 1.82) is 0 Å². The number of hydrogen-bond acceptors (Lipinski definition) is 4. The molecule has 2 amide bonds. The van der Waals surface area contributed by atoms with E-state index in [9.17, 15) is 18.0 Å². The lowest BCUT2D eigenvalue weighted by Gasteiger charge is -2.32. The van der Waals surface area contributed by atoms with Crippen molar-refractivity contribution in [3.05, 3.63) is 107 Å². The van der Waals surface area contributed by atoms with Gasteiger partial charge in [-0.15, -0.1) is 0 Å². The number of anilines is 1. The van der Waals surface area contributed by atoms with E-state index in [0.29, 0.717) is 29.1 Å². The number of benzene rings is 4. The van der Waals surface area contributed by atoms with Gasteiger partial charge in [0.2, 0.25) is 11.8 Å². The van der Waals surface area contributed by atoms with Gasteiger partial charge in [-0.2, -0.15) is 0 Å². The van der Waals surface area contributed by atoms with Crippen LogP contribution >= 0.6 is 11.6 Å². The number of carbonyl (C=O) groups excluding carboxylic acids is 2. The van der Waals surface area contributed by atoms with Gasteiger partial charge in [-0.3, -0.25) is 13.9 Å². The zero-order chi connectivity index (χ0) is 29.0. The molecule has 9 heteroatoms. The van der Waals surface area contributed by atoms with Crippen LogP contribution in [0.5, 0.6) is 0 Å². The predicted molar refractivity (Wildman–Crippen MR) is 162 cm³/mol. The molecule has 0 unspecified atom stereocenters. The van der Waals surface area contributed by atoms with Gasteiger partial charge < -0.3 is 10.2 Å². The van der Waals surface area contributed by atoms with Gasteiger partial charge in [0.25, 0.3) is 10.0 Å². The molecule has 0 radical (unpaired) electrons. The minimum Gasteiger partial charge on any atom is -0.355 e. The van der Waals surface area contributed by atoms with E-state index in [-0.39, 0.29) is 42.6 Å². The Kier molecular flexibility index (Phi) is 8.61. The van der Waals surface area contributed by atoms with Crippen molar-refractivity contribution >= 4 is 49.9 Å². The molecular weight excluding hydrogens is 558 g/mol. The Labute approximate surface area is 245 Å². The second-order valence-electron chi connectivity index (χ2n) is 10.0. The molecule has 0 saturated carbocycles. The summed E-state index contributed by atoms with van der Waals surface area (Å²) in [7, 11) is -3.72. The molecule has 1 aliphatic rings. The smallest absolute Gasteiger partial charge is 0.265 e. The normalized spacial score (nSPS) is 14.1. The molecule has 41 heavy (non-hydrogen) atoms. The summed E-state index contributed by atoms with van der Waals surface area (Å²) in [6.07, 6.45) is 0.684. The standard InChI is InChI=1S/C32H32ClN3O4S/c1-2-34-32(38)28(21-23-11-4-3-5-12-23)35(22-25-13-6-7-16-26(25)33)30(37)19-10-20-36-27-17-8-14-24-15-9-18-29(31(24)27)41(36,39)40/h3-9,11-18,28H,2,10,19-22H2,1H3,(H,34,38)/t28-/m1/s1. The molecule has 0 bridgehead atoms. The van der Waals surface area contributed by atoms with Crippen molar-refractivity contribution < 1.29 is 18.0 Å². The molecule has 0 aliphatic carbocycles. The number of hydrogen-bond donors (Lipinski definition) is 1. The van der Waals surface area contributed by atoms with E-state index in [1.165, 1.54) is 4.31 Å². The molecule has 0 saturated heterocycles. The van der Waals surface area contributed by atoms with Gasteiger partial charge >= 0.3 is 0 Å². The van der Waals surface area contributed by atoms with Crippen LogP contribution in [-0.2, 0) is 32.6 Å². The topological polar surface area (TPSA) is 86.8 Å². The fourth-order valence-electron chi connectivity index (χ4n) is 5.37. The Morgan fingerprint density at radius 2 is 1.63 bits per heavy atom. The molecule has 0 spiro atoms. The molecule has 1 aliphatic heterocycles. The van der Waals surface area contributed by atoms with Gasteiger partial charge in [-0.1, -0.05) is 84.4 Å². The average Bonchev–Trinajstić information content (AvgIpc) is 3.19. The molecule has 7 nitrogen and oxygen atoms in total. The lowest BCUT2D eigenvalue weighted by atomic mass is 10.0. The van der Waals surface area contributed by atoms with E-state index in [4.69, 9.17) is 11.6 Å². The predicted octanol–water partition coefficient (Wildman–Crippen LogP) is 5.56. The van der Waals surface area contributed by atoms with E-state index in [0.717, 1.165) is 16.5 Å². The Bertz CT molecular complexity index is 1670. The van der Waals surface area contributed by atoms with E-state index < -0.39 is 16.1 Å². The van der Waals surface area contributed by atoms with Crippen LogP contribution in [0.3, 0.4) is 0 Å². The molecule has 0 fully saturated rings. The summed E-state index contributed by atoms with van der Waals surface area (Å²) in [6.45, 7) is 2.57. The monoisotopic (exact) mass is 589 g/mol. The first-order chi connectivity index (χ1) is 19.8. The van der Waals surface area contributed by atoms with E-state index >= 15 is 0 Å². The molecule has 1 atom stereocenters. The minimum atomic E-state index is -3.72. The number of sulfonamides is 1. The first kappa shape index (κ1) is 28.6. The summed E-state index contributed by atoms with van der Waals surface area (Å²) in [4.78, 5) is 29.1. The summed E-state index contributed by atoms with van der Waals surface area (Å²) in [5.41, 5.74) is 2.28. The Hall–Kier alpha value is -3.88. The maximum atomic E-state index is 13.9. The third-order valence-corrected chi connectivity index (χ3v) is 9.58. The fraction of sp³-hybridized carbons (Fsp3) is 0.250. The summed E-state index contributed by atoms with van der Waals surface area (Å²) < 4.78 is 28.2. The molecular formula is C32H32ClN3O4S. The van der Waals surface area contributed by atoms with Crippen molar-refractivity contribution in [3.8, 4) is 0 Å². The number of amides is 2. The number of likely N-dealkylation sites (N-methyl/N-ethyl adjacent to an activating group) is 1. The number of halogens is 1. The summed E-state index contributed by atoms with van der Waals surface area (Å²) in [6, 6.07) is 26.9. The highest BCUT2D eigenvalue weighted by molar-refractivity contribution is 7.93. The van der Waals surface area contributed by atoms with E-state index in [1.54, 1.807) is 29.2 Å². The second-order valence-corrected chi connectivity index (χ2v) is 12.3. The van der Waals surface area contributed by atoms with Crippen molar-refractivity contribution in [1.82, 2.24) is 10.2 Å². The zero-order valence-electron chi connectivity index (χ0n) is 22.8. The minimum absolute atomic E-state index is 0.0630. The van der Waals surface area contributed by atoms with Crippen molar-refractivity contribution in [2.75, 3.05) is 17.4 Å². The van der Waals surface area contributed by atoms with Crippen molar-refractivity contribution in [2.24, 2.45) is 0 Å². The first-order valence-corrected chi connectivity index (χ1v) is 15.5. The highest BCUT2D eigenvalue weighted by Crippen LogP contribution is 2.42. The number of carbonyl (C=O) groups is 2. The first-order valence-electron chi connectivity index (χ1n) is 13.7. The lowest BCUT2D eigenvalue weighted by Crippen LogP contribution is -2.50. The number of nitrogens with zero attached hydrogens (tertiary/aromatic N) is 2. The van der Waals surface area contributed by atoms with Gasteiger partial charge in [0.05, 0.1) is 10.6 Å². The summed E-state index contributed by atoms with van der Waals surface area (Å²) in [5.74, 6) is -0.495. The quantitative estimate of drug-likeness (QED) is 0.248. The maximum absolute atomic E-state index is 13.9. The third-order valence-electron chi connectivity index (χ3n) is 7.35. The van der Waals surface area contributed by atoms with Crippen LogP contribution in [0.4, 0.5) is 5.69 Å². The highest BCUT2D eigenvalue weighted by Gasteiger charge is 2.36. The van der Waals surface area contributed by atoms with Crippen molar-refractivity contribution in [2.45, 2.75) is 43.7 Å². The summed E-state index contributed by atoms with van der Waals surface area (Å²) in [5, 5.41) is 4.96. The van der Waals surface area contributed by atoms with E-state index in [1.807, 2.05) is 73.7 Å². The molecule has 4 aromatic carbocycles. The number of nitrogens with one attached hydrogen (secondary N) is 1. The molecule has 1 N–H and O–H groups in total. The Morgan fingerprint density at radius 1 is 0.927 bits per heavy atom. The number of rotatable bonds is 11. The SMILES string of the molecule is CCNC(=O)[C@@H](Cc1ccccc1)N(Cc1ccccc1Cl)C(=O)CCCN1c2cccc3cccc(c23)S1(=O)=O. The van der Waals surface area contributed by atoms with Gasteiger partial charge in [0, 0.05) is 42.9 Å². The third kappa shape index (κ3) is 5.94. The van der Waals surface area contributed by atoms with Crippen LogP contribution in [0.25, 0.3) is 10.8 Å².